The van der Waals surface area contributed by atoms with Crippen molar-refractivity contribution in [3.63, 3.8) is 0 Å². The maximum absolute atomic E-state index is 13.0. The van der Waals surface area contributed by atoms with Crippen LogP contribution in [0.4, 0.5) is 5.69 Å². The fourth-order valence-electron chi connectivity index (χ4n) is 3.46. The first-order valence-electron chi connectivity index (χ1n) is 9.05. The molecule has 0 aliphatic carbocycles. The average Bonchev–Trinajstić information content (AvgIpc) is 2.95. The molecule has 0 unspecified atom stereocenters. The summed E-state index contributed by atoms with van der Waals surface area (Å²) < 4.78 is 0. The Kier molecular flexibility index (Phi) is 4.44. The van der Waals surface area contributed by atoms with E-state index in [4.69, 9.17) is 0 Å². The smallest absolute Gasteiger partial charge is 0.256 e. The van der Waals surface area contributed by atoms with Crippen molar-refractivity contribution >= 4 is 11.6 Å². The largest absolute Gasteiger partial charge is 0.361 e. The standard InChI is InChI=1S/C23H22N2O/c1-2-17-12-14-19(15-13-17)24-22-20-10-6-7-11-21(20)23(26)25(22)16-18-8-4-3-5-9-18/h3-15,22,24H,2,16H2,1H3/t22-/m1/s1. The van der Waals surface area contributed by atoms with Gasteiger partial charge in [0, 0.05) is 23.4 Å². The SMILES string of the molecule is CCc1ccc(N[C@H]2c3ccccc3C(=O)N2Cc2ccccc2)cc1. The fourth-order valence-corrected chi connectivity index (χ4v) is 3.46. The highest BCUT2D eigenvalue weighted by Crippen LogP contribution is 2.35. The molecule has 1 amide bonds. The Balaban J connectivity index is 1.66. The molecule has 1 aliphatic heterocycles. The van der Waals surface area contributed by atoms with Gasteiger partial charge in [0.05, 0.1) is 0 Å². The number of carbonyl (C=O) groups is 1. The summed E-state index contributed by atoms with van der Waals surface area (Å²) in [5.41, 5.74) is 5.27. The van der Waals surface area contributed by atoms with E-state index in [2.05, 4.69) is 48.6 Å². The third-order valence-electron chi connectivity index (χ3n) is 4.92. The molecule has 130 valence electrons. The van der Waals surface area contributed by atoms with Crippen molar-refractivity contribution in [1.29, 1.82) is 0 Å². The van der Waals surface area contributed by atoms with Gasteiger partial charge in [0.2, 0.25) is 0 Å². The van der Waals surface area contributed by atoms with Crippen LogP contribution in [0.15, 0.2) is 78.9 Å². The van der Waals surface area contributed by atoms with E-state index in [1.54, 1.807) is 0 Å². The van der Waals surface area contributed by atoms with Gasteiger partial charge < -0.3 is 10.2 Å². The van der Waals surface area contributed by atoms with Gasteiger partial charge in [-0.05, 0) is 35.7 Å². The summed E-state index contributed by atoms with van der Waals surface area (Å²) in [7, 11) is 0. The van der Waals surface area contributed by atoms with Crippen LogP contribution < -0.4 is 5.32 Å². The minimum atomic E-state index is -0.161. The number of rotatable bonds is 5. The molecule has 0 radical (unpaired) electrons. The van der Waals surface area contributed by atoms with Crippen molar-refractivity contribution in [3.05, 3.63) is 101 Å². The van der Waals surface area contributed by atoms with Gasteiger partial charge in [-0.1, -0.05) is 67.6 Å². The van der Waals surface area contributed by atoms with Crippen LogP contribution in [-0.4, -0.2) is 10.8 Å². The molecule has 1 heterocycles. The molecule has 0 aromatic heterocycles. The lowest BCUT2D eigenvalue weighted by Crippen LogP contribution is -2.31. The zero-order chi connectivity index (χ0) is 17.9. The van der Waals surface area contributed by atoms with E-state index in [-0.39, 0.29) is 12.1 Å². The molecule has 0 spiro atoms. The monoisotopic (exact) mass is 342 g/mol. The molecule has 1 N–H and O–H groups in total. The lowest BCUT2D eigenvalue weighted by molar-refractivity contribution is 0.0729. The van der Waals surface area contributed by atoms with Gasteiger partial charge in [0.15, 0.2) is 0 Å². The number of amides is 1. The molecule has 0 bridgehead atoms. The summed E-state index contributed by atoms with van der Waals surface area (Å²) in [4.78, 5) is 14.9. The number of benzene rings is 3. The lowest BCUT2D eigenvalue weighted by Gasteiger charge is -2.27. The third-order valence-corrected chi connectivity index (χ3v) is 4.92. The van der Waals surface area contributed by atoms with Crippen molar-refractivity contribution in [2.24, 2.45) is 0 Å². The number of nitrogens with zero attached hydrogens (tertiary/aromatic N) is 1. The predicted octanol–water partition coefficient (Wildman–Crippen LogP) is 5.02. The Morgan fingerprint density at radius 2 is 1.54 bits per heavy atom. The number of hydrogen-bond donors (Lipinski definition) is 1. The van der Waals surface area contributed by atoms with E-state index < -0.39 is 0 Å². The van der Waals surface area contributed by atoms with Crippen LogP contribution in [0, 0.1) is 0 Å². The molecule has 1 atom stereocenters. The summed E-state index contributed by atoms with van der Waals surface area (Å²) in [5, 5.41) is 3.55. The number of anilines is 1. The van der Waals surface area contributed by atoms with E-state index in [1.165, 1.54) is 5.56 Å². The Labute approximate surface area is 154 Å². The molecule has 26 heavy (non-hydrogen) atoms. The molecule has 3 nitrogen and oxygen atoms in total. The molecule has 0 saturated carbocycles. The van der Waals surface area contributed by atoms with Gasteiger partial charge in [0.1, 0.15) is 6.17 Å². The Bertz CT molecular complexity index is 903. The highest BCUT2D eigenvalue weighted by Gasteiger charge is 2.36. The Morgan fingerprint density at radius 1 is 0.846 bits per heavy atom. The Morgan fingerprint density at radius 3 is 2.27 bits per heavy atom. The maximum atomic E-state index is 13.0. The maximum Gasteiger partial charge on any atom is 0.256 e. The molecule has 3 aromatic rings. The topological polar surface area (TPSA) is 32.3 Å². The Hall–Kier alpha value is -3.07. The highest BCUT2D eigenvalue weighted by molar-refractivity contribution is 5.99. The van der Waals surface area contributed by atoms with Gasteiger partial charge in [-0.2, -0.15) is 0 Å². The first-order chi connectivity index (χ1) is 12.8. The molecule has 1 aliphatic rings. The van der Waals surface area contributed by atoms with Crippen LogP contribution in [0.5, 0.6) is 0 Å². The van der Waals surface area contributed by atoms with Gasteiger partial charge in [-0.25, -0.2) is 0 Å². The van der Waals surface area contributed by atoms with Crippen molar-refractivity contribution in [2.45, 2.75) is 26.1 Å². The summed E-state index contributed by atoms with van der Waals surface area (Å²) >= 11 is 0. The molecule has 3 heteroatoms. The number of aryl methyl sites for hydroxylation is 1. The van der Waals surface area contributed by atoms with E-state index in [0.29, 0.717) is 6.54 Å². The van der Waals surface area contributed by atoms with E-state index >= 15 is 0 Å². The quantitative estimate of drug-likeness (QED) is 0.706. The normalized spacial score (nSPS) is 15.8. The summed E-state index contributed by atoms with van der Waals surface area (Å²) in [6.07, 6.45) is 0.858. The van der Waals surface area contributed by atoms with E-state index in [0.717, 1.165) is 28.8 Å². The first kappa shape index (κ1) is 16.4. The molecule has 3 aromatic carbocycles. The van der Waals surface area contributed by atoms with Crippen molar-refractivity contribution < 1.29 is 4.79 Å². The number of carbonyl (C=O) groups excluding carboxylic acids is 1. The summed E-state index contributed by atoms with van der Waals surface area (Å²) in [6, 6.07) is 26.4. The minimum Gasteiger partial charge on any atom is -0.361 e. The highest BCUT2D eigenvalue weighted by atomic mass is 16.2. The van der Waals surface area contributed by atoms with Crippen molar-refractivity contribution in [1.82, 2.24) is 4.90 Å². The molecule has 0 saturated heterocycles. The predicted molar refractivity (Wildman–Crippen MR) is 105 cm³/mol. The zero-order valence-electron chi connectivity index (χ0n) is 14.9. The molecule has 4 rings (SSSR count). The van der Waals surface area contributed by atoms with Crippen molar-refractivity contribution in [2.75, 3.05) is 5.32 Å². The van der Waals surface area contributed by atoms with Crippen LogP contribution in [0.1, 0.15) is 40.1 Å². The van der Waals surface area contributed by atoms with Crippen molar-refractivity contribution in [3.8, 4) is 0 Å². The second kappa shape index (κ2) is 7.04. The van der Waals surface area contributed by atoms with E-state index in [9.17, 15) is 4.79 Å². The molecule has 0 fully saturated rings. The minimum absolute atomic E-state index is 0.0760. The third kappa shape index (κ3) is 3.08. The second-order valence-electron chi connectivity index (χ2n) is 6.60. The van der Waals surface area contributed by atoms with Crippen LogP contribution in [-0.2, 0) is 13.0 Å². The van der Waals surface area contributed by atoms with Crippen LogP contribution >= 0.6 is 0 Å². The van der Waals surface area contributed by atoms with Crippen LogP contribution in [0.3, 0.4) is 0 Å². The number of hydrogen-bond acceptors (Lipinski definition) is 2. The second-order valence-corrected chi connectivity index (χ2v) is 6.60. The summed E-state index contributed by atoms with van der Waals surface area (Å²) in [5.74, 6) is 0.0760. The molecular weight excluding hydrogens is 320 g/mol. The number of fused-ring (bicyclic) bond motifs is 1. The van der Waals surface area contributed by atoms with Gasteiger partial charge in [-0.15, -0.1) is 0 Å². The van der Waals surface area contributed by atoms with Gasteiger partial charge >= 0.3 is 0 Å². The van der Waals surface area contributed by atoms with Crippen LogP contribution in [0.25, 0.3) is 0 Å². The summed E-state index contributed by atoms with van der Waals surface area (Å²) in [6.45, 7) is 2.73. The van der Waals surface area contributed by atoms with Gasteiger partial charge in [0.25, 0.3) is 5.91 Å². The number of nitrogens with one attached hydrogen (secondary N) is 1. The average molecular weight is 342 g/mol. The first-order valence-corrected chi connectivity index (χ1v) is 9.05. The lowest BCUT2D eigenvalue weighted by atomic mass is 10.1. The van der Waals surface area contributed by atoms with Gasteiger partial charge in [-0.3, -0.25) is 4.79 Å². The fraction of sp³-hybridized carbons (Fsp3) is 0.174. The zero-order valence-corrected chi connectivity index (χ0v) is 14.9. The van der Waals surface area contributed by atoms with Crippen LogP contribution in [0.2, 0.25) is 0 Å². The van der Waals surface area contributed by atoms with E-state index in [1.807, 2.05) is 47.4 Å². The molecular formula is C23H22N2O.